The Morgan fingerprint density at radius 2 is 1.86 bits per heavy atom. The maximum Gasteiger partial charge on any atom is 0.105 e. The molecule has 0 aliphatic rings. The predicted octanol–water partition coefficient (Wildman–Crippen LogP) is 1.61. The van der Waals surface area contributed by atoms with E-state index in [4.69, 9.17) is 5.26 Å². The second-order valence-corrected chi connectivity index (χ2v) is 4.76. The third-order valence-electron chi connectivity index (χ3n) is 2.44. The van der Waals surface area contributed by atoms with Crippen molar-refractivity contribution in [2.24, 2.45) is 0 Å². The zero-order valence-electron chi connectivity index (χ0n) is 10.3. The second-order valence-electron chi connectivity index (χ2n) is 4.76. The van der Waals surface area contributed by atoms with E-state index in [1.54, 1.807) is 0 Å². The molecule has 3 heteroatoms. The summed E-state index contributed by atoms with van der Waals surface area (Å²) < 4.78 is 0. The largest absolute Gasteiger partial charge is 0.307 e. The minimum absolute atomic E-state index is 0.342. The van der Waals surface area contributed by atoms with Gasteiger partial charge in [0, 0.05) is 12.1 Å². The van der Waals surface area contributed by atoms with Crippen molar-refractivity contribution in [3.63, 3.8) is 0 Å². The van der Waals surface area contributed by atoms with Crippen molar-refractivity contribution in [2.45, 2.75) is 51.7 Å². The van der Waals surface area contributed by atoms with Crippen molar-refractivity contribution in [3.8, 4) is 6.07 Å². The molecule has 2 atom stereocenters. The van der Waals surface area contributed by atoms with Crippen molar-refractivity contribution in [2.75, 3.05) is 14.1 Å². The number of rotatable bonds is 5. The Hall–Kier alpha value is -0.590. The van der Waals surface area contributed by atoms with E-state index >= 15 is 0 Å². The SMILES string of the molecule is CC(C)NC(C)(C#N)CC(C)N(C)C. The van der Waals surface area contributed by atoms with Crippen molar-refractivity contribution >= 4 is 0 Å². The van der Waals surface area contributed by atoms with Crippen molar-refractivity contribution in [1.29, 1.82) is 5.26 Å². The molecule has 0 aromatic rings. The van der Waals surface area contributed by atoms with Crippen LogP contribution in [0.1, 0.15) is 34.1 Å². The van der Waals surface area contributed by atoms with Crippen molar-refractivity contribution in [1.82, 2.24) is 10.2 Å². The Bertz CT molecular complexity index is 205. The molecule has 14 heavy (non-hydrogen) atoms. The zero-order chi connectivity index (χ0) is 11.4. The Morgan fingerprint density at radius 3 is 2.14 bits per heavy atom. The fraction of sp³-hybridized carbons (Fsp3) is 0.909. The van der Waals surface area contributed by atoms with Crippen LogP contribution in [0.25, 0.3) is 0 Å². The number of nitriles is 1. The molecule has 0 fully saturated rings. The molecule has 0 aliphatic heterocycles. The lowest BCUT2D eigenvalue weighted by Gasteiger charge is -2.31. The summed E-state index contributed by atoms with van der Waals surface area (Å²) in [7, 11) is 4.08. The Morgan fingerprint density at radius 1 is 1.36 bits per heavy atom. The predicted molar refractivity (Wildman–Crippen MR) is 60.1 cm³/mol. The van der Waals surface area contributed by atoms with Gasteiger partial charge >= 0.3 is 0 Å². The van der Waals surface area contributed by atoms with E-state index in [1.807, 2.05) is 21.0 Å². The minimum Gasteiger partial charge on any atom is -0.307 e. The van der Waals surface area contributed by atoms with Gasteiger partial charge in [-0.05, 0) is 48.2 Å². The van der Waals surface area contributed by atoms with E-state index in [-0.39, 0.29) is 0 Å². The molecule has 0 radical (unpaired) electrons. The zero-order valence-corrected chi connectivity index (χ0v) is 10.3. The number of nitrogens with zero attached hydrogens (tertiary/aromatic N) is 2. The van der Waals surface area contributed by atoms with Crippen LogP contribution in [0.3, 0.4) is 0 Å². The molecule has 2 unspecified atom stereocenters. The van der Waals surface area contributed by atoms with Crippen LogP contribution in [0.2, 0.25) is 0 Å². The average molecular weight is 197 g/mol. The maximum atomic E-state index is 9.13. The van der Waals surface area contributed by atoms with Crippen LogP contribution in [0.5, 0.6) is 0 Å². The third-order valence-corrected chi connectivity index (χ3v) is 2.44. The molecule has 82 valence electrons. The van der Waals surface area contributed by atoms with Gasteiger partial charge in [0.15, 0.2) is 0 Å². The smallest absolute Gasteiger partial charge is 0.105 e. The summed E-state index contributed by atoms with van der Waals surface area (Å²) in [5.41, 5.74) is -0.419. The van der Waals surface area contributed by atoms with Crippen molar-refractivity contribution < 1.29 is 0 Å². The van der Waals surface area contributed by atoms with Gasteiger partial charge in [-0.1, -0.05) is 0 Å². The second kappa shape index (κ2) is 5.33. The molecule has 1 N–H and O–H groups in total. The Balaban J connectivity index is 4.34. The lowest BCUT2D eigenvalue weighted by molar-refractivity contribution is 0.243. The first kappa shape index (κ1) is 13.4. The first-order valence-corrected chi connectivity index (χ1v) is 5.16. The Labute approximate surface area is 88.1 Å². The standard InChI is InChI=1S/C11H23N3/c1-9(2)13-11(4,8-12)7-10(3)14(5)6/h9-10,13H,7H2,1-6H3. The molecule has 0 aliphatic carbocycles. The summed E-state index contributed by atoms with van der Waals surface area (Å²) in [6.07, 6.45) is 0.842. The highest BCUT2D eigenvalue weighted by molar-refractivity contribution is 5.05. The molecular formula is C11H23N3. The van der Waals surface area contributed by atoms with E-state index in [1.165, 1.54) is 0 Å². The molecule has 0 amide bonds. The summed E-state index contributed by atoms with van der Waals surface area (Å²) in [5.74, 6) is 0. The van der Waals surface area contributed by atoms with E-state index in [0.717, 1.165) is 6.42 Å². The first-order chi connectivity index (χ1) is 6.30. The molecule has 0 aromatic heterocycles. The molecule has 0 aromatic carbocycles. The molecule has 0 spiro atoms. The monoisotopic (exact) mass is 197 g/mol. The summed E-state index contributed by atoms with van der Waals surface area (Å²) in [6, 6.07) is 3.11. The molecule has 0 bridgehead atoms. The Kier molecular flexibility index (Phi) is 5.11. The quantitative estimate of drug-likeness (QED) is 0.727. The lowest BCUT2D eigenvalue weighted by Crippen LogP contribution is -2.48. The highest BCUT2D eigenvalue weighted by Crippen LogP contribution is 2.14. The molecular weight excluding hydrogens is 174 g/mol. The van der Waals surface area contributed by atoms with Gasteiger partial charge in [0.25, 0.3) is 0 Å². The van der Waals surface area contributed by atoms with E-state index < -0.39 is 5.54 Å². The highest BCUT2D eigenvalue weighted by Gasteiger charge is 2.27. The van der Waals surface area contributed by atoms with Gasteiger partial charge in [0.2, 0.25) is 0 Å². The number of hydrogen-bond donors (Lipinski definition) is 1. The van der Waals surface area contributed by atoms with Crippen LogP contribution in [0, 0.1) is 11.3 Å². The van der Waals surface area contributed by atoms with E-state index in [0.29, 0.717) is 12.1 Å². The first-order valence-electron chi connectivity index (χ1n) is 5.16. The molecule has 0 saturated heterocycles. The van der Waals surface area contributed by atoms with Crippen LogP contribution in [0.4, 0.5) is 0 Å². The van der Waals surface area contributed by atoms with Gasteiger partial charge in [-0.25, -0.2) is 0 Å². The van der Waals surface area contributed by atoms with Gasteiger partial charge < -0.3 is 4.90 Å². The van der Waals surface area contributed by atoms with Crippen LogP contribution >= 0.6 is 0 Å². The normalized spacial score (nSPS) is 17.9. The van der Waals surface area contributed by atoms with Gasteiger partial charge in [-0.15, -0.1) is 0 Å². The number of hydrogen-bond acceptors (Lipinski definition) is 3. The van der Waals surface area contributed by atoms with Crippen molar-refractivity contribution in [3.05, 3.63) is 0 Å². The van der Waals surface area contributed by atoms with Crippen LogP contribution in [0.15, 0.2) is 0 Å². The highest BCUT2D eigenvalue weighted by atomic mass is 15.1. The molecule has 3 nitrogen and oxygen atoms in total. The summed E-state index contributed by atoms with van der Waals surface area (Å²) in [4.78, 5) is 2.14. The van der Waals surface area contributed by atoms with Crippen LogP contribution < -0.4 is 5.32 Å². The fourth-order valence-electron chi connectivity index (χ4n) is 1.55. The topological polar surface area (TPSA) is 39.1 Å². The van der Waals surface area contributed by atoms with E-state index in [9.17, 15) is 0 Å². The van der Waals surface area contributed by atoms with Crippen LogP contribution in [-0.2, 0) is 0 Å². The summed E-state index contributed by atoms with van der Waals surface area (Å²) in [6.45, 7) is 8.23. The van der Waals surface area contributed by atoms with Gasteiger partial charge in [-0.3, -0.25) is 5.32 Å². The maximum absolute atomic E-state index is 9.13. The van der Waals surface area contributed by atoms with Gasteiger partial charge in [-0.2, -0.15) is 5.26 Å². The number of nitrogens with one attached hydrogen (secondary N) is 1. The molecule has 0 heterocycles. The van der Waals surface area contributed by atoms with Gasteiger partial charge in [0.05, 0.1) is 6.07 Å². The average Bonchev–Trinajstić information content (AvgIpc) is 2.02. The summed E-state index contributed by atoms with van der Waals surface area (Å²) in [5, 5.41) is 12.4. The van der Waals surface area contributed by atoms with Crippen LogP contribution in [-0.4, -0.2) is 36.6 Å². The van der Waals surface area contributed by atoms with E-state index in [2.05, 4.69) is 37.1 Å². The fourth-order valence-corrected chi connectivity index (χ4v) is 1.55. The molecule has 0 saturated carbocycles. The third kappa shape index (κ3) is 4.59. The molecule has 0 rings (SSSR count). The minimum atomic E-state index is -0.419. The van der Waals surface area contributed by atoms with Gasteiger partial charge in [0.1, 0.15) is 5.54 Å². The lowest BCUT2D eigenvalue weighted by atomic mass is 9.94. The summed E-state index contributed by atoms with van der Waals surface area (Å²) >= 11 is 0.